The second kappa shape index (κ2) is 11.2. The Balaban J connectivity index is 1.17. The quantitative estimate of drug-likeness (QED) is 0.406. The van der Waals surface area contributed by atoms with Gasteiger partial charge in [0, 0.05) is 73.7 Å². The van der Waals surface area contributed by atoms with E-state index in [1.54, 1.807) is 18.2 Å². The highest BCUT2D eigenvalue weighted by atomic mass is 19.1. The van der Waals surface area contributed by atoms with Gasteiger partial charge in [-0.1, -0.05) is 13.0 Å². The minimum Gasteiger partial charge on any atom is -0.508 e. The van der Waals surface area contributed by atoms with Crippen molar-refractivity contribution >= 4 is 28.2 Å². The molecule has 46 heavy (non-hydrogen) atoms. The Morgan fingerprint density at radius 2 is 2.00 bits per heavy atom. The lowest BCUT2D eigenvalue weighted by atomic mass is 9.79. The molecule has 2 N–H and O–H groups in total. The first-order valence-electron chi connectivity index (χ1n) is 16.9. The van der Waals surface area contributed by atoms with Crippen LogP contribution in [0.5, 0.6) is 11.8 Å². The Bertz CT molecular complexity index is 1700. The van der Waals surface area contributed by atoms with Gasteiger partial charge in [0.25, 0.3) is 0 Å². The first kappa shape index (κ1) is 29.7. The predicted molar refractivity (Wildman–Crippen MR) is 172 cm³/mol. The Morgan fingerprint density at radius 3 is 2.83 bits per heavy atom. The van der Waals surface area contributed by atoms with Crippen molar-refractivity contribution in [3.8, 4) is 11.8 Å². The fraction of sp³-hybridized carbons (Fsp3) is 0.571. The number of nitrogens with zero attached hydrogens (tertiary/aromatic N) is 5. The van der Waals surface area contributed by atoms with Crippen molar-refractivity contribution in [3.63, 3.8) is 0 Å². The zero-order chi connectivity index (χ0) is 31.6. The van der Waals surface area contributed by atoms with Crippen molar-refractivity contribution in [2.24, 2.45) is 5.41 Å². The molecule has 1 amide bonds. The molecule has 4 fully saturated rings. The zero-order valence-corrected chi connectivity index (χ0v) is 26.5. The van der Waals surface area contributed by atoms with Crippen molar-refractivity contribution < 1.29 is 23.4 Å². The highest BCUT2D eigenvalue weighted by Crippen LogP contribution is 2.43. The molecule has 4 saturated heterocycles. The van der Waals surface area contributed by atoms with Crippen LogP contribution in [0.1, 0.15) is 62.3 Å². The van der Waals surface area contributed by atoms with Crippen LogP contribution in [-0.4, -0.2) is 83.5 Å². The van der Waals surface area contributed by atoms with Gasteiger partial charge in [-0.05, 0) is 68.2 Å². The van der Waals surface area contributed by atoms with Crippen molar-refractivity contribution in [3.05, 3.63) is 46.9 Å². The number of aromatic nitrogens is 2. The van der Waals surface area contributed by atoms with Crippen LogP contribution in [-0.2, 0) is 24.2 Å². The standard InChI is InChI=1S/C35H42F2N6O3/c1-2-25-27(37)6-5-22-13-24(44)14-29(31(22)25)41-12-7-26-28(18-41)39-33(46-21-35-9-4-11-43(35)17-23(36)15-35)40-32(26)42-10-3-8-34(20-42)16-30(45)38-19-34/h5-6,13-14,23,44H,2-4,7-12,15-21H2,1H3,(H,38,45)/t23-,34?,35+/m1/s1. The van der Waals surface area contributed by atoms with Gasteiger partial charge in [0.05, 0.1) is 17.8 Å². The fourth-order valence-corrected chi connectivity index (χ4v) is 9.07. The first-order valence-corrected chi connectivity index (χ1v) is 16.9. The first-order chi connectivity index (χ1) is 22.2. The van der Waals surface area contributed by atoms with Gasteiger partial charge in [0.1, 0.15) is 30.2 Å². The topological polar surface area (TPSA) is 94.1 Å². The van der Waals surface area contributed by atoms with Crippen LogP contribution in [0.3, 0.4) is 0 Å². The molecule has 1 spiro atoms. The summed E-state index contributed by atoms with van der Waals surface area (Å²) in [6.07, 6.45) is 5.23. The van der Waals surface area contributed by atoms with Crippen molar-refractivity contribution in [2.75, 3.05) is 55.7 Å². The number of halogens is 2. The molecule has 5 aliphatic rings. The molecule has 3 atom stereocenters. The summed E-state index contributed by atoms with van der Waals surface area (Å²) in [4.78, 5) is 29.0. The molecule has 9 nitrogen and oxygen atoms in total. The summed E-state index contributed by atoms with van der Waals surface area (Å²) < 4.78 is 36.0. The molecule has 0 aliphatic carbocycles. The average molecular weight is 633 g/mol. The zero-order valence-electron chi connectivity index (χ0n) is 26.5. The third-order valence-electron chi connectivity index (χ3n) is 11.2. The molecule has 11 heteroatoms. The maximum Gasteiger partial charge on any atom is 0.318 e. The number of hydrogen-bond acceptors (Lipinski definition) is 8. The molecule has 6 heterocycles. The summed E-state index contributed by atoms with van der Waals surface area (Å²) in [5.41, 5.74) is 2.89. The van der Waals surface area contributed by atoms with Gasteiger partial charge in [-0.25, -0.2) is 8.78 Å². The maximum absolute atomic E-state index is 15.0. The van der Waals surface area contributed by atoms with E-state index in [0.717, 1.165) is 78.9 Å². The number of anilines is 2. The Labute approximate surface area is 267 Å². The van der Waals surface area contributed by atoms with Crippen LogP contribution < -0.4 is 19.9 Å². The molecule has 2 aromatic carbocycles. The van der Waals surface area contributed by atoms with E-state index in [1.165, 1.54) is 6.07 Å². The van der Waals surface area contributed by atoms with Gasteiger partial charge in [0.2, 0.25) is 5.91 Å². The number of amides is 1. The van der Waals surface area contributed by atoms with Crippen molar-refractivity contribution in [2.45, 2.75) is 76.5 Å². The molecule has 1 aromatic heterocycles. The number of fused-ring (bicyclic) bond motifs is 3. The normalized spacial score (nSPS) is 27.8. The summed E-state index contributed by atoms with van der Waals surface area (Å²) in [6.45, 7) is 6.97. The lowest BCUT2D eigenvalue weighted by Gasteiger charge is -2.41. The van der Waals surface area contributed by atoms with Crippen LogP contribution in [0.4, 0.5) is 20.3 Å². The van der Waals surface area contributed by atoms with Crippen LogP contribution in [0, 0.1) is 11.2 Å². The minimum atomic E-state index is -0.847. The number of ether oxygens (including phenoxy) is 1. The summed E-state index contributed by atoms with van der Waals surface area (Å²) in [5, 5.41) is 15.3. The fourth-order valence-electron chi connectivity index (χ4n) is 9.07. The smallest absolute Gasteiger partial charge is 0.318 e. The van der Waals surface area contributed by atoms with Crippen molar-refractivity contribution in [1.82, 2.24) is 20.2 Å². The van der Waals surface area contributed by atoms with E-state index in [-0.39, 0.29) is 28.4 Å². The largest absolute Gasteiger partial charge is 0.508 e. The second-order valence-corrected chi connectivity index (χ2v) is 14.2. The average Bonchev–Trinajstić information content (AvgIpc) is 3.70. The number of carbonyl (C=O) groups excluding carboxylic acids is 1. The number of phenolic OH excluding ortho intramolecular Hbond substituents is 1. The van der Waals surface area contributed by atoms with E-state index in [9.17, 15) is 14.3 Å². The number of nitrogens with one attached hydrogen (secondary N) is 1. The van der Waals surface area contributed by atoms with E-state index in [1.807, 2.05) is 6.92 Å². The molecular formula is C35H42F2N6O3. The van der Waals surface area contributed by atoms with E-state index < -0.39 is 6.17 Å². The lowest BCUT2D eigenvalue weighted by molar-refractivity contribution is -0.119. The van der Waals surface area contributed by atoms with Crippen molar-refractivity contribution in [1.29, 1.82) is 0 Å². The van der Waals surface area contributed by atoms with Crippen LogP contribution >= 0.6 is 0 Å². The van der Waals surface area contributed by atoms with Crippen LogP contribution in [0.25, 0.3) is 10.8 Å². The Hall–Kier alpha value is -3.73. The number of piperidine rings is 1. The van der Waals surface area contributed by atoms with E-state index in [4.69, 9.17) is 14.7 Å². The predicted octanol–water partition coefficient (Wildman–Crippen LogP) is 4.66. The van der Waals surface area contributed by atoms with E-state index >= 15 is 4.39 Å². The van der Waals surface area contributed by atoms with Gasteiger partial charge in [-0.3, -0.25) is 9.69 Å². The molecule has 5 aliphatic heterocycles. The summed E-state index contributed by atoms with van der Waals surface area (Å²) in [7, 11) is 0. The molecule has 1 unspecified atom stereocenters. The van der Waals surface area contributed by atoms with Crippen LogP contribution in [0.2, 0.25) is 0 Å². The molecule has 0 bridgehead atoms. The summed E-state index contributed by atoms with van der Waals surface area (Å²) in [6, 6.07) is 6.90. The van der Waals surface area contributed by atoms with E-state index in [0.29, 0.717) is 70.0 Å². The monoisotopic (exact) mass is 632 g/mol. The van der Waals surface area contributed by atoms with Gasteiger partial charge >= 0.3 is 6.01 Å². The Morgan fingerprint density at radius 1 is 1.13 bits per heavy atom. The molecule has 0 radical (unpaired) electrons. The summed E-state index contributed by atoms with van der Waals surface area (Å²) in [5.74, 6) is 0.849. The number of carbonyl (C=O) groups is 1. The number of rotatable bonds is 6. The number of aryl methyl sites for hydroxylation is 1. The number of alkyl halides is 1. The second-order valence-electron chi connectivity index (χ2n) is 14.2. The number of benzene rings is 2. The van der Waals surface area contributed by atoms with Gasteiger partial charge in [-0.15, -0.1) is 0 Å². The molecular weight excluding hydrogens is 590 g/mol. The number of aromatic hydroxyl groups is 1. The maximum atomic E-state index is 15.0. The van der Waals surface area contributed by atoms with Gasteiger partial charge in [-0.2, -0.15) is 9.97 Å². The highest BCUT2D eigenvalue weighted by Gasteiger charge is 2.49. The Kier molecular flexibility index (Phi) is 7.23. The molecule has 8 rings (SSSR count). The third kappa shape index (κ3) is 5.02. The van der Waals surface area contributed by atoms with E-state index in [2.05, 4.69) is 20.0 Å². The van der Waals surface area contributed by atoms with Gasteiger partial charge in [0.15, 0.2) is 0 Å². The highest BCUT2D eigenvalue weighted by molar-refractivity contribution is 5.98. The molecule has 3 aromatic rings. The van der Waals surface area contributed by atoms with Gasteiger partial charge < -0.3 is 25.0 Å². The number of phenols is 1. The number of hydrogen-bond donors (Lipinski definition) is 2. The lowest BCUT2D eigenvalue weighted by Crippen LogP contribution is -2.46. The molecule has 244 valence electrons. The summed E-state index contributed by atoms with van der Waals surface area (Å²) >= 11 is 0. The van der Waals surface area contributed by atoms with Crippen LogP contribution in [0.15, 0.2) is 24.3 Å². The molecule has 0 saturated carbocycles. The third-order valence-corrected chi connectivity index (χ3v) is 11.2. The SMILES string of the molecule is CCc1c(F)ccc2cc(O)cc(N3CCc4c(nc(OC[C@@]56CCCN5C[C@H](F)C6)nc4N4CCCC5(CNC(=O)C5)C4)C3)c12. The minimum absolute atomic E-state index is 0.107.